The van der Waals surface area contributed by atoms with Crippen LogP contribution in [0, 0.1) is 0 Å². The van der Waals surface area contributed by atoms with Gasteiger partial charge in [-0.05, 0) is 23.6 Å². The zero-order chi connectivity index (χ0) is 17.5. The van der Waals surface area contributed by atoms with Gasteiger partial charge in [-0.2, -0.15) is 0 Å². The number of furan rings is 1. The van der Waals surface area contributed by atoms with Gasteiger partial charge in [0.1, 0.15) is 17.3 Å². The van der Waals surface area contributed by atoms with Gasteiger partial charge in [-0.1, -0.05) is 48.5 Å². The lowest BCUT2D eigenvalue weighted by Gasteiger charge is -2.24. The van der Waals surface area contributed by atoms with E-state index in [9.17, 15) is 0 Å². The molecule has 128 valence electrons. The van der Waals surface area contributed by atoms with Gasteiger partial charge < -0.3 is 13.9 Å². The number of methoxy groups -OCH3 is 1. The van der Waals surface area contributed by atoms with E-state index >= 15 is 0 Å². The average Bonchev–Trinajstić information content (AvgIpc) is 3.35. The van der Waals surface area contributed by atoms with E-state index in [1.165, 1.54) is 0 Å². The molecule has 3 heterocycles. The predicted octanol–water partition coefficient (Wildman–Crippen LogP) is 6.38. The SMILES string of the molecule is COC1Oc2ccccc2-c2oc(-c3ccccc3)c(-c3cccs3)c21. The Kier molecular flexibility index (Phi) is 3.66. The van der Waals surface area contributed by atoms with Crippen molar-refractivity contribution in [2.24, 2.45) is 0 Å². The lowest BCUT2D eigenvalue weighted by atomic mass is 9.97. The highest BCUT2D eigenvalue weighted by atomic mass is 32.1. The Bertz CT molecular complexity index is 1050. The molecule has 1 unspecified atom stereocenters. The van der Waals surface area contributed by atoms with Crippen LogP contribution in [0.1, 0.15) is 11.9 Å². The molecule has 2 aromatic heterocycles. The minimum atomic E-state index is -0.502. The summed E-state index contributed by atoms with van der Waals surface area (Å²) in [6, 6.07) is 22.3. The Morgan fingerprint density at radius 3 is 2.46 bits per heavy atom. The van der Waals surface area contributed by atoms with Crippen molar-refractivity contribution < 1.29 is 13.9 Å². The van der Waals surface area contributed by atoms with Crippen molar-refractivity contribution in [2.45, 2.75) is 6.29 Å². The number of thiophene rings is 1. The summed E-state index contributed by atoms with van der Waals surface area (Å²) >= 11 is 1.69. The van der Waals surface area contributed by atoms with Gasteiger partial charge in [0, 0.05) is 23.1 Å². The van der Waals surface area contributed by atoms with Crippen molar-refractivity contribution in [3.05, 3.63) is 77.7 Å². The zero-order valence-electron chi connectivity index (χ0n) is 14.1. The van der Waals surface area contributed by atoms with Crippen molar-refractivity contribution in [1.29, 1.82) is 0 Å². The number of rotatable bonds is 3. The van der Waals surface area contributed by atoms with Gasteiger partial charge in [-0.3, -0.25) is 0 Å². The molecule has 0 amide bonds. The number of fused-ring (bicyclic) bond motifs is 3. The van der Waals surface area contributed by atoms with E-state index in [1.807, 2.05) is 48.5 Å². The second-order valence-electron chi connectivity index (χ2n) is 6.07. The molecular weight excluding hydrogens is 344 g/mol. The molecule has 3 nitrogen and oxygen atoms in total. The number of para-hydroxylation sites is 1. The summed E-state index contributed by atoms with van der Waals surface area (Å²) in [5, 5.41) is 2.07. The molecule has 4 aromatic rings. The molecule has 0 radical (unpaired) electrons. The fourth-order valence-electron chi connectivity index (χ4n) is 3.42. The molecule has 0 saturated heterocycles. The fourth-order valence-corrected chi connectivity index (χ4v) is 4.21. The molecule has 5 rings (SSSR count). The molecule has 0 bridgehead atoms. The largest absolute Gasteiger partial charge is 0.460 e. The monoisotopic (exact) mass is 360 g/mol. The van der Waals surface area contributed by atoms with Crippen molar-refractivity contribution in [2.75, 3.05) is 7.11 Å². The van der Waals surface area contributed by atoms with Crippen LogP contribution in [-0.4, -0.2) is 7.11 Å². The number of ether oxygens (including phenoxy) is 2. The molecule has 1 aliphatic rings. The summed E-state index contributed by atoms with van der Waals surface area (Å²) in [6.07, 6.45) is -0.502. The first kappa shape index (κ1) is 15.4. The highest BCUT2D eigenvalue weighted by molar-refractivity contribution is 7.13. The van der Waals surface area contributed by atoms with Crippen LogP contribution in [0.2, 0.25) is 0 Å². The molecule has 0 fully saturated rings. The van der Waals surface area contributed by atoms with Crippen LogP contribution in [0.3, 0.4) is 0 Å². The van der Waals surface area contributed by atoms with E-state index in [1.54, 1.807) is 18.4 Å². The van der Waals surface area contributed by atoms with E-state index in [0.717, 1.165) is 44.4 Å². The van der Waals surface area contributed by atoms with Crippen LogP contribution in [-0.2, 0) is 4.74 Å². The van der Waals surface area contributed by atoms with E-state index in [0.29, 0.717) is 0 Å². The topological polar surface area (TPSA) is 31.6 Å². The summed E-state index contributed by atoms with van der Waals surface area (Å²) in [6.45, 7) is 0. The second-order valence-corrected chi connectivity index (χ2v) is 7.02. The maximum Gasteiger partial charge on any atom is 0.230 e. The van der Waals surface area contributed by atoms with Crippen LogP contribution in [0.15, 0.2) is 76.5 Å². The predicted molar refractivity (Wildman–Crippen MR) is 103 cm³/mol. The molecule has 0 aliphatic carbocycles. The van der Waals surface area contributed by atoms with Crippen LogP contribution in [0.25, 0.3) is 33.1 Å². The van der Waals surface area contributed by atoms with Crippen molar-refractivity contribution in [3.63, 3.8) is 0 Å². The van der Waals surface area contributed by atoms with E-state index in [2.05, 4.69) is 23.6 Å². The Morgan fingerprint density at radius 1 is 0.885 bits per heavy atom. The number of hydrogen-bond acceptors (Lipinski definition) is 4. The molecule has 0 saturated carbocycles. The normalized spacial score (nSPS) is 15.2. The second kappa shape index (κ2) is 6.16. The van der Waals surface area contributed by atoms with E-state index in [-0.39, 0.29) is 0 Å². The van der Waals surface area contributed by atoms with Crippen LogP contribution < -0.4 is 4.74 Å². The molecule has 26 heavy (non-hydrogen) atoms. The van der Waals surface area contributed by atoms with Crippen molar-refractivity contribution >= 4 is 11.3 Å². The third-order valence-corrected chi connectivity index (χ3v) is 5.45. The van der Waals surface area contributed by atoms with Gasteiger partial charge in [0.2, 0.25) is 6.29 Å². The third-order valence-electron chi connectivity index (χ3n) is 4.56. The van der Waals surface area contributed by atoms with E-state index in [4.69, 9.17) is 13.9 Å². The highest BCUT2D eigenvalue weighted by Gasteiger charge is 2.35. The quantitative estimate of drug-likeness (QED) is 0.425. The smallest absolute Gasteiger partial charge is 0.230 e. The maximum absolute atomic E-state index is 6.45. The Morgan fingerprint density at radius 2 is 1.69 bits per heavy atom. The number of benzene rings is 2. The fraction of sp³-hybridized carbons (Fsp3) is 0.0909. The summed E-state index contributed by atoms with van der Waals surface area (Å²) < 4.78 is 18.3. The zero-order valence-corrected chi connectivity index (χ0v) is 15.0. The Balaban J connectivity index is 1.85. The molecule has 0 spiro atoms. The van der Waals surface area contributed by atoms with Gasteiger partial charge in [-0.25, -0.2) is 0 Å². The highest BCUT2D eigenvalue weighted by Crippen LogP contribution is 2.52. The first-order chi connectivity index (χ1) is 12.9. The average molecular weight is 360 g/mol. The molecule has 0 N–H and O–H groups in total. The summed E-state index contributed by atoms with van der Waals surface area (Å²) in [4.78, 5) is 1.14. The van der Waals surface area contributed by atoms with Crippen molar-refractivity contribution in [1.82, 2.24) is 0 Å². The van der Waals surface area contributed by atoms with Gasteiger partial charge in [0.05, 0.1) is 11.1 Å². The van der Waals surface area contributed by atoms with Gasteiger partial charge >= 0.3 is 0 Å². The van der Waals surface area contributed by atoms with E-state index < -0.39 is 6.29 Å². The first-order valence-electron chi connectivity index (χ1n) is 8.41. The maximum atomic E-state index is 6.45. The summed E-state index contributed by atoms with van der Waals surface area (Å²) in [5.41, 5.74) is 3.99. The molecular formula is C22H16O3S. The van der Waals surface area contributed by atoms with Crippen LogP contribution in [0.5, 0.6) is 5.75 Å². The molecule has 1 aliphatic heterocycles. The molecule has 2 aromatic carbocycles. The van der Waals surface area contributed by atoms with Crippen LogP contribution >= 0.6 is 11.3 Å². The number of hydrogen-bond donors (Lipinski definition) is 0. The lowest BCUT2D eigenvalue weighted by molar-refractivity contribution is -0.0579. The van der Waals surface area contributed by atoms with Crippen molar-refractivity contribution in [3.8, 4) is 38.8 Å². The molecule has 4 heteroatoms. The molecule has 1 atom stereocenters. The Labute approximate surface area is 155 Å². The van der Waals surface area contributed by atoms with Crippen LogP contribution in [0.4, 0.5) is 0 Å². The standard InChI is InChI=1S/C22H16O3S/c1-23-22-19-18(17-12-7-13-26-17)20(14-8-3-2-4-9-14)25-21(19)15-10-5-6-11-16(15)24-22/h2-13,22H,1H3. The van der Waals surface area contributed by atoms with Gasteiger partial charge in [0.15, 0.2) is 0 Å². The van der Waals surface area contributed by atoms with Gasteiger partial charge in [0.25, 0.3) is 0 Å². The summed E-state index contributed by atoms with van der Waals surface area (Å²) in [7, 11) is 1.66. The third kappa shape index (κ3) is 2.30. The summed E-state index contributed by atoms with van der Waals surface area (Å²) in [5.74, 6) is 2.44. The van der Waals surface area contributed by atoms with Gasteiger partial charge in [-0.15, -0.1) is 11.3 Å². The first-order valence-corrected chi connectivity index (χ1v) is 9.29. The minimum absolute atomic E-state index is 0.502. The minimum Gasteiger partial charge on any atom is -0.460 e. The lowest BCUT2D eigenvalue weighted by Crippen LogP contribution is -2.15. The Hall–Kier alpha value is -2.82.